The minimum atomic E-state index is -0.0864. The molecule has 3 aromatic rings. The Morgan fingerprint density at radius 3 is 2.88 bits per heavy atom. The third kappa shape index (κ3) is 3.33. The van der Waals surface area contributed by atoms with Gasteiger partial charge >= 0.3 is 6.03 Å². The molecular weight excluding hydrogens is 328 g/mol. The molecule has 26 heavy (non-hydrogen) atoms. The molecule has 1 aliphatic heterocycles. The summed E-state index contributed by atoms with van der Waals surface area (Å²) in [5, 5.41) is 11.8. The van der Waals surface area contributed by atoms with E-state index in [2.05, 4.69) is 15.5 Å². The van der Waals surface area contributed by atoms with Crippen molar-refractivity contribution >= 4 is 11.8 Å². The Bertz CT molecular complexity index is 871. The Labute approximate surface area is 152 Å². The number of urea groups is 1. The van der Waals surface area contributed by atoms with Crippen molar-refractivity contribution in [1.82, 2.24) is 24.5 Å². The van der Waals surface area contributed by atoms with Crippen molar-refractivity contribution < 1.29 is 4.79 Å². The zero-order valence-corrected chi connectivity index (χ0v) is 14.7. The van der Waals surface area contributed by atoms with Crippen molar-refractivity contribution in [3.05, 3.63) is 60.6 Å². The molecule has 3 heterocycles. The van der Waals surface area contributed by atoms with Gasteiger partial charge in [-0.05, 0) is 38.0 Å². The lowest BCUT2D eigenvalue weighted by atomic mass is 10.2. The van der Waals surface area contributed by atoms with Crippen LogP contribution >= 0.6 is 0 Å². The third-order valence-corrected chi connectivity index (χ3v) is 4.66. The molecule has 2 amide bonds. The minimum Gasteiger partial charge on any atom is -0.320 e. The number of carbonyl (C=O) groups excluding carboxylic acids is 1. The molecule has 0 radical (unpaired) electrons. The van der Waals surface area contributed by atoms with Crippen LogP contribution in [0.15, 0.2) is 54.9 Å². The van der Waals surface area contributed by atoms with Gasteiger partial charge in [0.1, 0.15) is 5.82 Å². The van der Waals surface area contributed by atoms with Gasteiger partial charge < -0.3 is 4.90 Å². The molecule has 0 bridgehead atoms. The first-order valence-electron chi connectivity index (χ1n) is 8.88. The van der Waals surface area contributed by atoms with Gasteiger partial charge in [-0.1, -0.05) is 18.2 Å². The number of benzene rings is 1. The van der Waals surface area contributed by atoms with E-state index >= 15 is 0 Å². The highest BCUT2D eigenvalue weighted by molar-refractivity contribution is 5.89. The Balaban J connectivity index is 1.51. The zero-order chi connectivity index (χ0) is 17.9. The van der Waals surface area contributed by atoms with Gasteiger partial charge in [-0.25, -0.2) is 9.48 Å². The average Bonchev–Trinajstić information content (AvgIpc) is 3.38. The summed E-state index contributed by atoms with van der Waals surface area (Å²) < 4.78 is 3.65. The van der Waals surface area contributed by atoms with Gasteiger partial charge in [-0.2, -0.15) is 10.2 Å². The van der Waals surface area contributed by atoms with Crippen LogP contribution in [0.5, 0.6) is 0 Å². The summed E-state index contributed by atoms with van der Waals surface area (Å²) in [5.74, 6) is 0.684. The van der Waals surface area contributed by atoms with Crippen molar-refractivity contribution in [3.63, 3.8) is 0 Å². The van der Waals surface area contributed by atoms with Gasteiger partial charge in [0.15, 0.2) is 0 Å². The molecule has 0 saturated carbocycles. The molecule has 1 fully saturated rings. The number of nitrogens with one attached hydrogen (secondary N) is 1. The second kappa shape index (κ2) is 7.03. The number of rotatable bonds is 4. The van der Waals surface area contributed by atoms with E-state index in [1.54, 1.807) is 10.9 Å². The van der Waals surface area contributed by atoms with Gasteiger partial charge in [0.25, 0.3) is 0 Å². The fourth-order valence-corrected chi connectivity index (χ4v) is 3.45. The van der Waals surface area contributed by atoms with Crippen molar-refractivity contribution in [2.24, 2.45) is 0 Å². The molecule has 1 atom stereocenters. The van der Waals surface area contributed by atoms with Gasteiger partial charge in [-0.15, -0.1) is 0 Å². The van der Waals surface area contributed by atoms with Crippen molar-refractivity contribution in [3.8, 4) is 5.69 Å². The van der Waals surface area contributed by atoms with Crippen LogP contribution in [0, 0.1) is 6.92 Å². The molecule has 0 aliphatic carbocycles. The predicted octanol–water partition coefficient (Wildman–Crippen LogP) is 3.07. The normalized spacial score (nSPS) is 16.8. The summed E-state index contributed by atoms with van der Waals surface area (Å²) in [5.41, 5.74) is 1.78. The number of carbonyl (C=O) groups is 1. The molecule has 2 aromatic heterocycles. The highest BCUT2D eigenvalue weighted by Gasteiger charge is 2.29. The molecule has 1 aliphatic rings. The van der Waals surface area contributed by atoms with E-state index in [4.69, 9.17) is 0 Å². The summed E-state index contributed by atoms with van der Waals surface area (Å²) in [7, 11) is 0. The first kappa shape index (κ1) is 16.4. The maximum absolute atomic E-state index is 12.9. The van der Waals surface area contributed by atoms with Crippen LogP contribution < -0.4 is 5.32 Å². The summed E-state index contributed by atoms with van der Waals surface area (Å²) in [6.45, 7) is 3.40. The van der Waals surface area contributed by atoms with Crippen LogP contribution in [-0.2, 0) is 6.54 Å². The topological polar surface area (TPSA) is 68.0 Å². The van der Waals surface area contributed by atoms with E-state index in [0.717, 1.165) is 37.3 Å². The number of aromatic nitrogens is 4. The molecule has 134 valence electrons. The lowest BCUT2D eigenvalue weighted by Crippen LogP contribution is -2.41. The van der Waals surface area contributed by atoms with Gasteiger partial charge in [0.2, 0.25) is 0 Å². The van der Waals surface area contributed by atoms with Crippen LogP contribution in [-0.4, -0.2) is 43.1 Å². The number of para-hydroxylation sites is 1. The molecule has 1 aromatic carbocycles. The number of aryl methyl sites for hydroxylation is 1. The second-order valence-electron chi connectivity index (χ2n) is 6.57. The Morgan fingerprint density at radius 1 is 1.27 bits per heavy atom. The number of hydrogen-bond donors (Lipinski definition) is 1. The van der Waals surface area contributed by atoms with E-state index in [-0.39, 0.29) is 12.1 Å². The van der Waals surface area contributed by atoms with E-state index in [0.29, 0.717) is 5.82 Å². The number of likely N-dealkylation sites (tertiary alicyclic amines) is 1. The van der Waals surface area contributed by atoms with Gasteiger partial charge in [0.05, 0.1) is 24.0 Å². The SMILES string of the molecule is Cc1cc(NC(=O)N2CCC[C@@H]2Cn2cccn2)n(-c2ccccc2)n1. The largest absolute Gasteiger partial charge is 0.323 e. The summed E-state index contributed by atoms with van der Waals surface area (Å²) >= 11 is 0. The number of amides is 2. The average molecular weight is 350 g/mol. The number of nitrogens with zero attached hydrogens (tertiary/aromatic N) is 5. The first-order valence-corrected chi connectivity index (χ1v) is 8.88. The quantitative estimate of drug-likeness (QED) is 0.786. The summed E-state index contributed by atoms with van der Waals surface area (Å²) in [6.07, 6.45) is 5.70. The van der Waals surface area contributed by atoms with Crippen LogP contribution in [0.1, 0.15) is 18.5 Å². The smallest absolute Gasteiger partial charge is 0.320 e. The van der Waals surface area contributed by atoms with Crippen LogP contribution in [0.25, 0.3) is 5.69 Å². The summed E-state index contributed by atoms with van der Waals surface area (Å²) in [4.78, 5) is 14.8. The Hall–Kier alpha value is -3.09. The lowest BCUT2D eigenvalue weighted by molar-refractivity contribution is 0.199. The second-order valence-corrected chi connectivity index (χ2v) is 6.57. The third-order valence-electron chi connectivity index (χ3n) is 4.66. The Kier molecular flexibility index (Phi) is 4.43. The predicted molar refractivity (Wildman–Crippen MR) is 99.3 cm³/mol. The molecule has 7 nitrogen and oxygen atoms in total. The fourth-order valence-electron chi connectivity index (χ4n) is 3.45. The van der Waals surface area contributed by atoms with Crippen LogP contribution in [0.2, 0.25) is 0 Å². The highest BCUT2D eigenvalue weighted by Crippen LogP contribution is 2.22. The number of hydrogen-bond acceptors (Lipinski definition) is 3. The molecule has 0 spiro atoms. The summed E-state index contributed by atoms with van der Waals surface area (Å²) in [6, 6.07) is 13.7. The number of anilines is 1. The van der Waals surface area contributed by atoms with Gasteiger partial charge in [-0.3, -0.25) is 10.00 Å². The monoisotopic (exact) mass is 350 g/mol. The first-order chi connectivity index (χ1) is 12.7. The Morgan fingerprint density at radius 2 is 2.12 bits per heavy atom. The fraction of sp³-hybridized carbons (Fsp3) is 0.316. The zero-order valence-electron chi connectivity index (χ0n) is 14.7. The molecular formula is C19H22N6O. The van der Waals surface area contributed by atoms with Crippen LogP contribution in [0.3, 0.4) is 0 Å². The van der Waals surface area contributed by atoms with Crippen molar-refractivity contribution in [2.45, 2.75) is 32.4 Å². The van der Waals surface area contributed by atoms with Crippen molar-refractivity contribution in [2.75, 3.05) is 11.9 Å². The maximum atomic E-state index is 12.9. The molecule has 7 heteroatoms. The van der Waals surface area contributed by atoms with E-state index in [1.165, 1.54) is 0 Å². The van der Waals surface area contributed by atoms with Gasteiger partial charge in [0, 0.05) is 25.0 Å². The molecule has 1 saturated heterocycles. The van der Waals surface area contributed by atoms with E-state index in [1.807, 2.05) is 65.2 Å². The van der Waals surface area contributed by atoms with E-state index < -0.39 is 0 Å². The molecule has 4 rings (SSSR count). The minimum absolute atomic E-state index is 0.0864. The van der Waals surface area contributed by atoms with Crippen molar-refractivity contribution in [1.29, 1.82) is 0 Å². The highest BCUT2D eigenvalue weighted by atomic mass is 16.2. The maximum Gasteiger partial charge on any atom is 0.323 e. The standard InChI is InChI=1S/C19H22N6O/c1-15-13-18(25(22-15)16-7-3-2-4-8-16)21-19(26)24-12-5-9-17(24)14-23-11-6-10-20-23/h2-4,6-8,10-11,13,17H,5,9,12,14H2,1H3,(H,21,26)/t17-/m1/s1. The molecule has 1 N–H and O–H groups in total. The lowest BCUT2D eigenvalue weighted by Gasteiger charge is -2.25. The van der Waals surface area contributed by atoms with Crippen LogP contribution in [0.4, 0.5) is 10.6 Å². The van der Waals surface area contributed by atoms with E-state index in [9.17, 15) is 4.79 Å². The molecule has 0 unspecified atom stereocenters.